The molecule has 0 aromatic carbocycles. The highest BCUT2D eigenvalue weighted by molar-refractivity contribution is 5.15. The summed E-state index contributed by atoms with van der Waals surface area (Å²) in [5.41, 5.74) is 0.550. The second-order valence-electron chi connectivity index (χ2n) is 13.2. The molecule has 2 aliphatic heterocycles. The molecule has 0 amide bonds. The van der Waals surface area contributed by atoms with Crippen LogP contribution in [0.3, 0.4) is 0 Å². The Bertz CT molecular complexity index is 716. The summed E-state index contributed by atoms with van der Waals surface area (Å²) in [6.07, 6.45) is 9.51. The maximum absolute atomic E-state index is 10.6. The van der Waals surface area contributed by atoms with Crippen LogP contribution >= 0.6 is 0 Å². The molecule has 4 nitrogen and oxygen atoms in total. The van der Waals surface area contributed by atoms with Gasteiger partial charge in [-0.2, -0.15) is 0 Å². The van der Waals surface area contributed by atoms with Crippen molar-refractivity contribution < 1.29 is 19.7 Å². The van der Waals surface area contributed by atoms with Crippen LogP contribution in [0.4, 0.5) is 0 Å². The SMILES string of the molecule is C[C@@H]1CC[C@@]2(OC1)O[C@H]1C[C@H]3[C@@H]4CC[C@H]5C[C@H](O)[C@H](O)C[C@]5(C)[C@H]4CC[C@]3(C)[C@H]1[C@@H]2C. The van der Waals surface area contributed by atoms with E-state index in [-0.39, 0.29) is 11.2 Å². The second-order valence-corrected chi connectivity index (χ2v) is 13.2. The van der Waals surface area contributed by atoms with E-state index >= 15 is 0 Å². The highest BCUT2D eigenvalue weighted by Crippen LogP contribution is 2.71. The fourth-order valence-electron chi connectivity index (χ4n) is 10.3. The summed E-state index contributed by atoms with van der Waals surface area (Å²) in [5, 5.41) is 20.9. The zero-order valence-corrected chi connectivity index (χ0v) is 20.1. The highest BCUT2D eigenvalue weighted by atomic mass is 16.7. The Morgan fingerprint density at radius 1 is 0.839 bits per heavy atom. The average molecular weight is 433 g/mol. The largest absolute Gasteiger partial charge is 0.390 e. The molecule has 1 spiro atoms. The van der Waals surface area contributed by atoms with Crippen molar-refractivity contribution in [1.29, 1.82) is 0 Å². The number of hydrogen-bond acceptors (Lipinski definition) is 4. The van der Waals surface area contributed by atoms with Crippen LogP contribution < -0.4 is 0 Å². The van der Waals surface area contributed by atoms with Gasteiger partial charge < -0.3 is 19.7 Å². The Kier molecular flexibility index (Phi) is 4.78. The zero-order chi connectivity index (χ0) is 21.8. The third-order valence-electron chi connectivity index (χ3n) is 12.0. The van der Waals surface area contributed by atoms with Crippen molar-refractivity contribution in [2.24, 2.45) is 52.3 Å². The minimum Gasteiger partial charge on any atom is -0.390 e. The third kappa shape index (κ3) is 2.80. The quantitative estimate of drug-likeness (QED) is 0.579. The minimum absolute atomic E-state index is 0.191. The molecular formula is C27H44O4. The van der Waals surface area contributed by atoms with Gasteiger partial charge in [0.2, 0.25) is 0 Å². The summed E-state index contributed by atoms with van der Waals surface area (Å²) in [4.78, 5) is 0. The minimum atomic E-state index is -0.537. The van der Waals surface area contributed by atoms with Gasteiger partial charge in [0.1, 0.15) is 0 Å². The Labute approximate surface area is 188 Å². The van der Waals surface area contributed by atoms with Gasteiger partial charge in [-0.3, -0.25) is 0 Å². The van der Waals surface area contributed by atoms with Gasteiger partial charge in [-0.25, -0.2) is 0 Å². The second kappa shape index (κ2) is 6.93. The molecule has 2 N–H and O–H groups in total. The maximum atomic E-state index is 10.6. The van der Waals surface area contributed by atoms with Crippen LogP contribution in [0, 0.1) is 52.3 Å². The third-order valence-corrected chi connectivity index (χ3v) is 12.0. The lowest BCUT2D eigenvalue weighted by Crippen LogP contribution is -2.57. The summed E-state index contributed by atoms with van der Waals surface area (Å²) in [6.45, 7) is 10.6. The molecule has 2 saturated heterocycles. The molecule has 0 aromatic heterocycles. The number of fused-ring (bicyclic) bond motifs is 7. The fourth-order valence-corrected chi connectivity index (χ4v) is 10.3. The number of rotatable bonds is 0. The van der Waals surface area contributed by atoms with Gasteiger partial charge in [0, 0.05) is 12.3 Å². The lowest BCUT2D eigenvalue weighted by molar-refractivity contribution is -0.273. The van der Waals surface area contributed by atoms with Crippen molar-refractivity contribution in [3.05, 3.63) is 0 Å². The van der Waals surface area contributed by atoms with Crippen LogP contribution in [0.1, 0.15) is 85.5 Å². The number of ether oxygens (including phenoxy) is 2. The summed E-state index contributed by atoms with van der Waals surface area (Å²) >= 11 is 0. The summed E-state index contributed by atoms with van der Waals surface area (Å²) in [6, 6.07) is 0. The first-order chi connectivity index (χ1) is 14.7. The molecule has 31 heavy (non-hydrogen) atoms. The Balaban J connectivity index is 1.26. The molecule has 176 valence electrons. The Morgan fingerprint density at radius 2 is 1.65 bits per heavy atom. The van der Waals surface area contributed by atoms with E-state index in [4.69, 9.17) is 9.47 Å². The van der Waals surface area contributed by atoms with Crippen LogP contribution in [-0.4, -0.2) is 40.9 Å². The summed E-state index contributed by atoms with van der Waals surface area (Å²) < 4.78 is 13.3. The predicted molar refractivity (Wildman–Crippen MR) is 119 cm³/mol. The highest BCUT2D eigenvalue weighted by Gasteiger charge is 2.69. The van der Waals surface area contributed by atoms with E-state index in [1.165, 1.54) is 38.5 Å². The van der Waals surface area contributed by atoms with Crippen molar-refractivity contribution in [3.8, 4) is 0 Å². The van der Waals surface area contributed by atoms with Crippen LogP contribution in [0.2, 0.25) is 0 Å². The van der Waals surface area contributed by atoms with Crippen molar-refractivity contribution >= 4 is 0 Å². The number of aliphatic hydroxyl groups is 2. The average Bonchev–Trinajstić information content (AvgIpc) is 3.16. The van der Waals surface area contributed by atoms with Crippen LogP contribution in [0.5, 0.6) is 0 Å². The molecule has 6 rings (SSSR count). The van der Waals surface area contributed by atoms with Crippen molar-refractivity contribution in [2.45, 2.75) is 110 Å². The molecule has 4 saturated carbocycles. The van der Waals surface area contributed by atoms with E-state index < -0.39 is 12.2 Å². The first-order valence-electron chi connectivity index (χ1n) is 13.4. The van der Waals surface area contributed by atoms with Gasteiger partial charge in [-0.15, -0.1) is 0 Å². The smallest absolute Gasteiger partial charge is 0.171 e. The van der Waals surface area contributed by atoms with E-state index in [9.17, 15) is 10.2 Å². The number of aliphatic hydroxyl groups excluding tert-OH is 2. The van der Waals surface area contributed by atoms with Gasteiger partial charge in [0.15, 0.2) is 5.79 Å². The van der Waals surface area contributed by atoms with E-state index in [0.717, 1.165) is 37.7 Å². The lowest BCUT2D eigenvalue weighted by atomic mass is 9.44. The molecule has 0 unspecified atom stereocenters. The van der Waals surface area contributed by atoms with Gasteiger partial charge >= 0.3 is 0 Å². The van der Waals surface area contributed by atoms with E-state index in [1.807, 2.05) is 0 Å². The molecule has 13 atom stereocenters. The van der Waals surface area contributed by atoms with Crippen molar-refractivity contribution in [3.63, 3.8) is 0 Å². The standard InChI is InChI=1S/C27H44O4/c1-15-7-10-27(30-14-15)16(2)24-23(31-27)12-20-18-6-5-17-11-21(28)22(29)13-26(17,4)19(18)8-9-25(20,24)3/h15-24,28-29H,5-14H2,1-4H3/t15-,16+,17+,18-,19+,20+,21+,22-,23+,24+,25+,26+,27-/m1/s1. The van der Waals surface area contributed by atoms with Crippen molar-refractivity contribution in [2.75, 3.05) is 6.61 Å². The lowest BCUT2D eigenvalue weighted by Gasteiger charge is -2.61. The molecule has 0 bridgehead atoms. The van der Waals surface area contributed by atoms with Gasteiger partial charge in [0.05, 0.1) is 24.9 Å². The fraction of sp³-hybridized carbons (Fsp3) is 1.00. The van der Waals surface area contributed by atoms with E-state index in [1.54, 1.807) is 0 Å². The maximum Gasteiger partial charge on any atom is 0.171 e. The van der Waals surface area contributed by atoms with E-state index in [2.05, 4.69) is 27.7 Å². The van der Waals surface area contributed by atoms with Gasteiger partial charge in [0.25, 0.3) is 0 Å². The molecular weight excluding hydrogens is 388 g/mol. The topological polar surface area (TPSA) is 58.9 Å². The monoisotopic (exact) mass is 432 g/mol. The van der Waals surface area contributed by atoms with Gasteiger partial charge in [-0.05, 0) is 97.7 Å². The molecule has 4 aliphatic carbocycles. The summed E-state index contributed by atoms with van der Waals surface area (Å²) in [7, 11) is 0. The van der Waals surface area contributed by atoms with Gasteiger partial charge in [-0.1, -0.05) is 27.7 Å². The Hall–Kier alpha value is -0.160. The first kappa shape index (κ1) is 21.4. The van der Waals surface area contributed by atoms with E-state index in [0.29, 0.717) is 41.1 Å². The zero-order valence-electron chi connectivity index (χ0n) is 20.1. The van der Waals surface area contributed by atoms with Crippen LogP contribution in [0.15, 0.2) is 0 Å². The normalized spacial score (nSPS) is 63.3. The van der Waals surface area contributed by atoms with Crippen LogP contribution in [0.25, 0.3) is 0 Å². The van der Waals surface area contributed by atoms with Crippen LogP contribution in [-0.2, 0) is 9.47 Å². The number of hydrogen-bond donors (Lipinski definition) is 2. The predicted octanol–water partition coefficient (Wildman–Crippen LogP) is 4.76. The molecule has 4 heteroatoms. The molecule has 0 radical (unpaired) electrons. The molecule has 2 heterocycles. The first-order valence-corrected chi connectivity index (χ1v) is 13.4. The molecule has 6 aliphatic rings. The molecule has 0 aromatic rings. The van der Waals surface area contributed by atoms with Crippen molar-refractivity contribution in [1.82, 2.24) is 0 Å². The summed E-state index contributed by atoms with van der Waals surface area (Å²) in [5.74, 6) is 4.21. The Morgan fingerprint density at radius 3 is 2.39 bits per heavy atom. The molecule has 6 fully saturated rings.